The molecule has 0 fully saturated rings. The number of unbranched alkanes of at least 4 members (excludes halogenated alkanes) is 1. The van der Waals surface area contributed by atoms with Crippen molar-refractivity contribution in [1.82, 2.24) is 4.57 Å². The summed E-state index contributed by atoms with van der Waals surface area (Å²) in [4.78, 5) is 0. The number of nitrogens with one attached hydrogen (secondary N) is 1. The summed E-state index contributed by atoms with van der Waals surface area (Å²) < 4.78 is 6.60. The average Bonchev–Trinajstić information content (AvgIpc) is 3.09. The molecule has 5 nitrogen and oxygen atoms in total. The van der Waals surface area contributed by atoms with Gasteiger partial charge < -0.3 is 10.4 Å². The molecule has 0 atom stereocenters. The van der Waals surface area contributed by atoms with E-state index < -0.39 is 0 Å². The van der Waals surface area contributed by atoms with Crippen molar-refractivity contribution in [3.63, 3.8) is 0 Å². The number of para-hydroxylation sites is 1. The Hall–Kier alpha value is -2.57. The van der Waals surface area contributed by atoms with Gasteiger partial charge in [0.1, 0.15) is 18.9 Å². The topological polar surface area (TPSA) is 45.0 Å². The zero-order valence-electron chi connectivity index (χ0n) is 17.9. The summed E-state index contributed by atoms with van der Waals surface area (Å²) in [5.74, 6) is 1.14. The first-order valence-electron chi connectivity index (χ1n) is 10.4. The lowest BCUT2D eigenvalue weighted by Gasteiger charge is -2.07. The number of hydrogen-bond donors (Lipinski definition) is 2. The van der Waals surface area contributed by atoms with E-state index in [9.17, 15) is 0 Å². The highest BCUT2D eigenvalue weighted by Gasteiger charge is 2.11. The summed E-state index contributed by atoms with van der Waals surface area (Å²) in [6.45, 7) is 1.72. The lowest BCUT2D eigenvalue weighted by atomic mass is 10.1. The third-order valence-corrected chi connectivity index (χ3v) is 6.25. The zero-order valence-corrected chi connectivity index (χ0v) is 18.7. The van der Waals surface area contributed by atoms with Crippen molar-refractivity contribution in [1.29, 1.82) is 0 Å². The van der Waals surface area contributed by atoms with Gasteiger partial charge in [0.25, 0.3) is 0 Å². The molecule has 158 valence electrons. The van der Waals surface area contributed by atoms with Crippen molar-refractivity contribution in [3.05, 3.63) is 72.3 Å². The van der Waals surface area contributed by atoms with Gasteiger partial charge in [-0.15, -0.1) is 0 Å². The molecule has 0 radical (unpaired) electrons. The van der Waals surface area contributed by atoms with Gasteiger partial charge in [0.05, 0.1) is 20.7 Å². The Kier molecular flexibility index (Phi) is 8.53. The summed E-state index contributed by atoms with van der Waals surface area (Å²) in [6, 6.07) is 12.4. The number of imidazole rings is 1. The maximum absolute atomic E-state index is 9.02. The van der Waals surface area contributed by atoms with E-state index in [2.05, 4.69) is 88.3 Å². The first kappa shape index (κ1) is 22.1. The molecule has 0 unspecified atom stereocenters. The van der Waals surface area contributed by atoms with E-state index in [1.165, 1.54) is 23.6 Å². The van der Waals surface area contributed by atoms with Crippen LogP contribution in [0.5, 0.6) is 0 Å². The third-order valence-electron chi connectivity index (χ3n) is 4.92. The molecule has 0 spiro atoms. The van der Waals surface area contributed by atoms with Crippen LogP contribution in [0.15, 0.2) is 66.3 Å². The van der Waals surface area contributed by atoms with Crippen molar-refractivity contribution in [3.8, 4) is 0 Å². The van der Waals surface area contributed by atoms with Crippen LogP contribution in [0.1, 0.15) is 24.0 Å². The van der Waals surface area contributed by atoms with Crippen LogP contribution in [0.2, 0.25) is 0 Å². The lowest BCUT2D eigenvalue weighted by molar-refractivity contribution is -0.709. The number of aliphatic hydroxyl groups excluding tert-OH is 1. The minimum absolute atomic E-state index is 0.125. The molecule has 1 aromatic carbocycles. The van der Waals surface area contributed by atoms with Crippen molar-refractivity contribution in [2.45, 2.75) is 24.5 Å². The second kappa shape index (κ2) is 11.6. The number of pyridine rings is 1. The highest BCUT2D eigenvalue weighted by atomic mass is 32.2. The van der Waals surface area contributed by atoms with Crippen LogP contribution in [0.25, 0.3) is 12.2 Å². The van der Waals surface area contributed by atoms with Crippen LogP contribution in [-0.4, -0.2) is 28.6 Å². The van der Waals surface area contributed by atoms with Gasteiger partial charge in [0, 0.05) is 36.5 Å². The Bertz CT molecular complexity index is 931. The minimum atomic E-state index is 0.125. The van der Waals surface area contributed by atoms with Crippen LogP contribution in [0.3, 0.4) is 0 Å². The van der Waals surface area contributed by atoms with Crippen molar-refractivity contribution in [2.24, 2.45) is 14.1 Å². The summed E-state index contributed by atoms with van der Waals surface area (Å²) in [5.41, 5.74) is 3.33. The van der Waals surface area contributed by atoms with Gasteiger partial charge in [-0.1, -0.05) is 30.4 Å². The highest BCUT2D eigenvalue weighted by Crippen LogP contribution is 2.18. The van der Waals surface area contributed by atoms with Crippen LogP contribution >= 0.6 is 11.8 Å². The zero-order chi connectivity index (χ0) is 21.2. The number of aromatic nitrogens is 3. The number of rotatable bonds is 11. The van der Waals surface area contributed by atoms with Crippen LogP contribution in [0, 0.1) is 0 Å². The quantitative estimate of drug-likeness (QED) is 0.282. The molecule has 0 aliphatic heterocycles. The number of aryl methyl sites for hydroxylation is 3. The Balaban J connectivity index is 1.45. The molecular weight excluding hydrogens is 392 g/mol. The fourth-order valence-electron chi connectivity index (χ4n) is 3.25. The molecule has 0 amide bonds. The Morgan fingerprint density at radius 1 is 1.07 bits per heavy atom. The van der Waals surface area contributed by atoms with Gasteiger partial charge in [0.15, 0.2) is 12.4 Å². The van der Waals surface area contributed by atoms with E-state index in [0.717, 1.165) is 23.5 Å². The molecule has 6 heteroatoms. The Morgan fingerprint density at radius 3 is 2.60 bits per heavy atom. The molecule has 2 N–H and O–H groups in total. The Labute approximate surface area is 183 Å². The summed E-state index contributed by atoms with van der Waals surface area (Å²) in [7, 11) is 4.19. The van der Waals surface area contributed by atoms with Gasteiger partial charge in [-0.05, 0) is 35.4 Å². The van der Waals surface area contributed by atoms with E-state index in [1.807, 2.05) is 30.0 Å². The first-order chi connectivity index (χ1) is 14.7. The van der Waals surface area contributed by atoms with Crippen molar-refractivity contribution >= 4 is 29.6 Å². The molecule has 3 aromatic rings. The van der Waals surface area contributed by atoms with Gasteiger partial charge in [-0.25, -0.2) is 13.7 Å². The van der Waals surface area contributed by atoms with Gasteiger partial charge in [0.2, 0.25) is 0 Å². The average molecular weight is 425 g/mol. The Morgan fingerprint density at radius 2 is 1.87 bits per heavy atom. The van der Waals surface area contributed by atoms with E-state index in [-0.39, 0.29) is 6.61 Å². The molecule has 30 heavy (non-hydrogen) atoms. The van der Waals surface area contributed by atoms with E-state index in [1.54, 1.807) is 0 Å². The van der Waals surface area contributed by atoms with E-state index in [0.29, 0.717) is 6.54 Å². The maximum Gasteiger partial charge on any atom is 0.317 e. The fourth-order valence-corrected chi connectivity index (χ4v) is 4.31. The summed E-state index contributed by atoms with van der Waals surface area (Å²) >= 11 is 1.92. The van der Waals surface area contributed by atoms with Gasteiger partial charge in [-0.3, -0.25) is 0 Å². The number of anilines is 1. The van der Waals surface area contributed by atoms with Crippen LogP contribution in [-0.2, 0) is 20.6 Å². The number of nitrogens with zero attached hydrogens (tertiary/aromatic N) is 3. The SMILES string of the molecule is Cn1cc[n+](C)c1SCCCC[n+]1ccc(C=Cc2ccccc2NCCO)cc1. The van der Waals surface area contributed by atoms with Crippen molar-refractivity contribution < 1.29 is 14.2 Å². The molecule has 0 saturated carbocycles. The van der Waals surface area contributed by atoms with E-state index in [4.69, 9.17) is 5.11 Å². The van der Waals surface area contributed by atoms with E-state index >= 15 is 0 Å². The molecule has 0 saturated heterocycles. The molecule has 0 aliphatic rings. The number of aliphatic hydroxyl groups is 1. The van der Waals surface area contributed by atoms with Crippen LogP contribution in [0.4, 0.5) is 5.69 Å². The standard InChI is InChI=1S/C24H31N4OS/c1-26-17-18-27(2)24(26)30-20-6-5-14-28-15-11-21(12-16-28)9-10-22-7-3-4-8-23(22)25-13-19-29/h3-4,7-12,15-18,29H,5-6,13-14,19-20H2,1-2H3/q+1/p+1. The van der Waals surface area contributed by atoms with Crippen molar-refractivity contribution in [2.75, 3.05) is 24.2 Å². The number of benzene rings is 1. The summed E-state index contributed by atoms with van der Waals surface area (Å²) in [6.07, 6.45) is 15.1. The highest BCUT2D eigenvalue weighted by molar-refractivity contribution is 7.99. The molecule has 0 bridgehead atoms. The predicted molar refractivity (Wildman–Crippen MR) is 124 cm³/mol. The molecule has 2 heterocycles. The van der Waals surface area contributed by atoms with Gasteiger partial charge in [-0.2, -0.15) is 0 Å². The molecule has 2 aromatic heterocycles. The second-order valence-corrected chi connectivity index (χ2v) is 8.36. The lowest BCUT2D eigenvalue weighted by Crippen LogP contribution is -2.32. The third kappa shape index (κ3) is 6.47. The van der Waals surface area contributed by atoms with Gasteiger partial charge >= 0.3 is 5.16 Å². The fraction of sp³-hybridized carbons (Fsp3) is 0.333. The first-order valence-corrected chi connectivity index (χ1v) is 11.4. The number of hydrogen-bond acceptors (Lipinski definition) is 3. The smallest absolute Gasteiger partial charge is 0.317 e. The minimum Gasteiger partial charge on any atom is -0.395 e. The monoisotopic (exact) mass is 424 g/mol. The maximum atomic E-state index is 9.02. The largest absolute Gasteiger partial charge is 0.395 e. The normalized spacial score (nSPS) is 11.3. The van der Waals surface area contributed by atoms with Crippen LogP contribution < -0.4 is 14.5 Å². The predicted octanol–water partition coefficient (Wildman–Crippen LogP) is 3.28. The summed E-state index contributed by atoms with van der Waals surface area (Å²) in [5, 5.41) is 13.6. The second-order valence-electron chi connectivity index (χ2n) is 7.30. The molecule has 3 rings (SSSR count). The number of thioether (sulfide) groups is 1. The molecular formula is C24H32N4OS+2. The molecule has 0 aliphatic carbocycles.